The first-order valence-electron chi connectivity index (χ1n) is 5.12. The van der Waals surface area contributed by atoms with E-state index < -0.39 is 0 Å². The lowest BCUT2D eigenvalue weighted by Crippen LogP contribution is -1.85. The molecular weight excluding hydrogens is 162 g/mol. The Bertz CT molecular complexity index is 142. The third-order valence-electron chi connectivity index (χ3n) is 0.717. The monoisotopic (exact) mass is 187 g/mol. The van der Waals surface area contributed by atoms with Gasteiger partial charge < -0.3 is 0 Å². The summed E-state index contributed by atoms with van der Waals surface area (Å²) in [5, 5.41) is 7.41. The minimum Gasteiger partial charge on any atom is -0.255 e. The lowest BCUT2D eigenvalue weighted by atomic mass is 10.6. The maximum atomic E-state index is 3.73. The van der Waals surface area contributed by atoms with Gasteiger partial charge in [0.05, 0.1) is 5.69 Å². The van der Waals surface area contributed by atoms with Crippen molar-refractivity contribution in [3.63, 3.8) is 0 Å². The van der Waals surface area contributed by atoms with E-state index in [1.165, 1.54) is 0 Å². The van der Waals surface area contributed by atoms with E-state index in [1.807, 2.05) is 61.7 Å². The third-order valence-corrected chi connectivity index (χ3v) is 0.717. The molecule has 0 radical (unpaired) electrons. The van der Waals surface area contributed by atoms with Gasteiger partial charge in [-0.15, -0.1) is 5.10 Å². The molecule has 0 aliphatic carbocycles. The van der Waals surface area contributed by atoms with Crippen LogP contribution >= 0.6 is 0 Å². The number of aryl methyl sites for hydroxylation is 2. The molecule has 0 aliphatic heterocycles. The molecule has 0 unspecified atom stereocenters. The van der Waals surface area contributed by atoms with Gasteiger partial charge >= 0.3 is 0 Å². The maximum absolute atomic E-state index is 3.73. The molecule has 1 aromatic heterocycles. The van der Waals surface area contributed by atoms with Gasteiger partial charge in [-0.2, -0.15) is 0 Å². The average Bonchev–Trinajstić information content (AvgIpc) is 2.60. The zero-order chi connectivity index (χ0) is 11.3. The number of aromatic nitrogens is 3. The van der Waals surface area contributed by atoms with E-state index in [0.29, 0.717) is 0 Å². The molecule has 0 saturated heterocycles. The van der Waals surface area contributed by atoms with Gasteiger partial charge in [0.15, 0.2) is 0 Å². The van der Waals surface area contributed by atoms with Crippen LogP contribution in [0.1, 0.15) is 47.2 Å². The van der Waals surface area contributed by atoms with Crippen molar-refractivity contribution in [2.24, 2.45) is 7.05 Å². The molecule has 3 nitrogen and oxygen atoms in total. The predicted octanol–water partition coefficient (Wildman–Crippen LogP) is 3.20. The molecule has 1 rings (SSSR count). The number of nitrogens with zero attached hydrogens (tertiary/aromatic N) is 3. The van der Waals surface area contributed by atoms with Gasteiger partial charge in [0.25, 0.3) is 0 Å². The van der Waals surface area contributed by atoms with E-state index in [9.17, 15) is 0 Å². The zero-order valence-corrected chi connectivity index (χ0v) is 10.4. The van der Waals surface area contributed by atoms with E-state index in [1.54, 1.807) is 4.68 Å². The second-order valence-corrected chi connectivity index (χ2v) is 1.53. The molecule has 0 amide bonds. The molecule has 0 aliphatic rings. The summed E-state index contributed by atoms with van der Waals surface area (Å²) >= 11 is 0. The van der Waals surface area contributed by atoms with Crippen molar-refractivity contribution < 1.29 is 0 Å². The van der Waals surface area contributed by atoms with Crippen LogP contribution in [0.4, 0.5) is 0 Å². The molecule has 0 bridgehead atoms. The summed E-state index contributed by atoms with van der Waals surface area (Å²) in [7, 11) is 1.85. The molecule has 1 aromatic rings. The molecule has 3 heteroatoms. The normalized spacial score (nSPS) is 6.46. The Morgan fingerprint density at radius 2 is 1.38 bits per heavy atom. The van der Waals surface area contributed by atoms with E-state index in [2.05, 4.69) is 10.3 Å². The Morgan fingerprint density at radius 3 is 1.46 bits per heavy atom. The molecular formula is C10H25N3. The quantitative estimate of drug-likeness (QED) is 0.624. The summed E-state index contributed by atoms with van der Waals surface area (Å²) in [5.74, 6) is 0. The second-order valence-electron chi connectivity index (χ2n) is 1.53. The smallest absolute Gasteiger partial charge is 0.0796 e. The molecule has 0 atom stereocenters. The van der Waals surface area contributed by atoms with Gasteiger partial charge in [0, 0.05) is 13.2 Å². The summed E-state index contributed by atoms with van der Waals surface area (Å²) in [6.45, 7) is 13.9. The van der Waals surface area contributed by atoms with E-state index in [4.69, 9.17) is 0 Å². The molecule has 1 heterocycles. The SMILES string of the molecule is CC.CC.CC.Cc1cn(C)nn1. The Balaban J connectivity index is -0.000000144. The first kappa shape index (κ1) is 18.0. The van der Waals surface area contributed by atoms with Crippen LogP contribution in [-0.2, 0) is 7.05 Å². The highest BCUT2D eigenvalue weighted by atomic mass is 15.4. The maximum Gasteiger partial charge on any atom is 0.0796 e. The summed E-state index contributed by atoms with van der Waals surface area (Å²) in [4.78, 5) is 0. The van der Waals surface area contributed by atoms with E-state index in [-0.39, 0.29) is 0 Å². The fourth-order valence-corrected chi connectivity index (χ4v) is 0.463. The van der Waals surface area contributed by atoms with Crippen LogP contribution in [0.2, 0.25) is 0 Å². The van der Waals surface area contributed by atoms with Crippen LogP contribution in [0.15, 0.2) is 6.20 Å². The van der Waals surface area contributed by atoms with Gasteiger partial charge in [0.2, 0.25) is 0 Å². The molecule has 80 valence electrons. The predicted molar refractivity (Wildman–Crippen MR) is 59.8 cm³/mol. The van der Waals surface area contributed by atoms with Crippen molar-refractivity contribution in [2.75, 3.05) is 0 Å². The summed E-state index contributed by atoms with van der Waals surface area (Å²) in [6.07, 6.45) is 1.86. The molecule has 0 aromatic carbocycles. The number of hydrogen-bond donors (Lipinski definition) is 0. The Labute approximate surface area is 83.2 Å². The molecule has 0 fully saturated rings. The van der Waals surface area contributed by atoms with Crippen molar-refractivity contribution in [1.29, 1.82) is 0 Å². The van der Waals surface area contributed by atoms with Crippen molar-refractivity contribution in [2.45, 2.75) is 48.5 Å². The van der Waals surface area contributed by atoms with Gasteiger partial charge in [-0.05, 0) is 6.92 Å². The lowest BCUT2D eigenvalue weighted by molar-refractivity contribution is 0.714. The minimum atomic E-state index is 0.961. The Hall–Kier alpha value is -0.860. The second kappa shape index (κ2) is 17.3. The summed E-state index contributed by atoms with van der Waals surface area (Å²) in [5.41, 5.74) is 0.961. The standard InChI is InChI=1S/C4H7N3.3C2H6/c1-4-3-7(2)6-5-4;3*1-2/h3H,1-2H3;3*1-2H3. The fraction of sp³-hybridized carbons (Fsp3) is 0.800. The van der Waals surface area contributed by atoms with Crippen molar-refractivity contribution in [1.82, 2.24) is 15.0 Å². The lowest BCUT2D eigenvalue weighted by Gasteiger charge is -1.75. The van der Waals surface area contributed by atoms with Crippen LogP contribution in [0, 0.1) is 6.92 Å². The Kier molecular flexibility index (Phi) is 24.0. The first-order valence-corrected chi connectivity index (χ1v) is 5.12. The van der Waals surface area contributed by atoms with Gasteiger partial charge in [0.1, 0.15) is 0 Å². The first-order chi connectivity index (χ1) is 6.29. The Morgan fingerprint density at radius 1 is 1.00 bits per heavy atom. The van der Waals surface area contributed by atoms with Crippen LogP contribution in [0.3, 0.4) is 0 Å². The summed E-state index contributed by atoms with van der Waals surface area (Å²) in [6, 6.07) is 0. The van der Waals surface area contributed by atoms with Gasteiger partial charge in [-0.25, -0.2) is 0 Å². The van der Waals surface area contributed by atoms with Crippen molar-refractivity contribution in [3.05, 3.63) is 11.9 Å². The molecule has 13 heavy (non-hydrogen) atoms. The molecule has 0 N–H and O–H groups in total. The average molecular weight is 187 g/mol. The molecule has 0 saturated carbocycles. The zero-order valence-electron chi connectivity index (χ0n) is 10.4. The number of rotatable bonds is 0. The van der Waals surface area contributed by atoms with Crippen LogP contribution in [0.5, 0.6) is 0 Å². The fourth-order valence-electron chi connectivity index (χ4n) is 0.463. The highest BCUT2D eigenvalue weighted by molar-refractivity contribution is 4.85. The van der Waals surface area contributed by atoms with E-state index >= 15 is 0 Å². The van der Waals surface area contributed by atoms with Crippen LogP contribution in [0.25, 0.3) is 0 Å². The highest BCUT2D eigenvalue weighted by Gasteiger charge is 1.83. The van der Waals surface area contributed by atoms with E-state index in [0.717, 1.165) is 5.69 Å². The summed E-state index contributed by atoms with van der Waals surface area (Å²) < 4.78 is 1.68. The van der Waals surface area contributed by atoms with Crippen LogP contribution in [-0.4, -0.2) is 15.0 Å². The largest absolute Gasteiger partial charge is 0.255 e. The van der Waals surface area contributed by atoms with Crippen LogP contribution < -0.4 is 0 Å². The minimum absolute atomic E-state index is 0.961. The molecule has 0 spiro atoms. The van der Waals surface area contributed by atoms with Crippen molar-refractivity contribution >= 4 is 0 Å². The topological polar surface area (TPSA) is 30.7 Å². The van der Waals surface area contributed by atoms with Gasteiger partial charge in [-0.1, -0.05) is 46.8 Å². The number of hydrogen-bond acceptors (Lipinski definition) is 2. The third kappa shape index (κ3) is 14.0. The van der Waals surface area contributed by atoms with Crippen molar-refractivity contribution in [3.8, 4) is 0 Å². The highest BCUT2D eigenvalue weighted by Crippen LogP contribution is 1.82. The van der Waals surface area contributed by atoms with Gasteiger partial charge in [-0.3, -0.25) is 4.68 Å².